The molecule has 6 heteroatoms. The summed E-state index contributed by atoms with van der Waals surface area (Å²) in [5, 5.41) is 3.05. The molecule has 2 N–H and O–H groups in total. The number of anilines is 1. The number of ether oxygens (including phenoxy) is 2. The minimum Gasteiger partial charge on any atom is -0.489 e. The van der Waals surface area contributed by atoms with Gasteiger partial charge in [-0.3, -0.25) is 4.79 Å². The van der Waals surface area contributed by atoms with E-state index in [1.54, 1.807) is 0 Å². The summed E-state index contributed by atoms with van der Waals surface area (Å²) < 4.78 is 10.7. The van der Waals surface area contributed by atoms with Crippen molar-refractivity contribution in [3.05, 3.63) is 16.7 Å². The van der Waals surface area contributed by atoms with E-state index in [0.717, 1.165) is 12.8 Å². The fraction of sp³-hybridized carbons (Fsp3) is 0.667. The predicted molar refractivity (Wildman–Crippen MR) is 68.1 cm³/mol. The van der Waals surface area contributed by atoms with Crippen LogP contribution in [0.2, 0.25) is 0 Å². The van der Waals surface area contributed by atoms with E-state index in [1.165, 1.54) is 26.3 Å². The Kier molecular flexibility index (Phi) is 4.58. The van der Waals surface area contributed by atoms with Crippen LogP contribution in [0.4, 0.5) is 5.82 Å². The van der Waals surface area contributed by atoms with Gasteiger partial charge >= 0.3 is 0 Å². The van der Waals surface area contributed by atoms with E-state index in [0.29, 0.717) is 25.1 Å². The van der Waals surface area contributed by atoms with Crippen LogP contribution in [-0.2, 0) is 4.74 Å². The lowest BCUT2D eigenvalue weighted by molar-refractivity contribution is 0.0658. The number of H-pyrrole nitrogens is 1. The number of nitrogens with one attached hydrogen (secondary N) is 2. The molecule has 0 aromatic carbocycles. The second-order valence-corrected chi connectivity index (χ2v) is 4.32. The first-order valence-electron chi connectivity index (χ1n) is 6.28. The van der Waals surface area contributed by atoms with Crippen molar-refractivity contribution in [2.75, 3.05) is 25.6 Å². The lowest BCUT2D eigenvalue weighted by atomic mass is 10.3. The summed E-state index contributed by atoms with van der Waals surface area (Å²) >= 11 is 0. The van der Waals surface area contributed by atoms with Gasteiger partial charge in [0.05, 0.1) is 26.1 Å². The number of aromatic nitrogens is 2. The van der Waals surface area contributed by atoms with Crippen molar-refractivity contribution in [1.29, 1.82) is 0 Å². The van der Waals surface area contributed by atoms with Gasteiger partial charge in [0, 0.05) is 6.54 Å². The molecule has 0 bridgehead atoms. The van der Waals surface area contributed by atoms with Gasteiger partial charge in [-0.2, -0.15) is 0 Å². The summed E-state index contributed by atoms with van der Waals surface area (Å²) in [5.74, 6) is 0.662. The van der Waals surface area contributed by atoms with Crippen LogP contribution in [0.15, 0.2) is 11.1 Å². The zero-order chi connectivity index (χ0) is 12.8. The molecule has 0 unspecified atom stereocenters. The standard InChI is InChI=1S/C12H19N3O3/c1-17-10-11(14-8-15-12(10)16)13-6-7-18-9-4-2-3-5-9/h8-9H,2-7H2,1H3,(H2,13,14,15,16). The van der Waals surface area contributed by atoms with Crippen LogP contribution in [0.25, 0.3) is 0 Å². The van der Waals surface area contributed by atoms with Gasteiger partial charge in [-0.25, -0.2) is 4.98 Å². The van der Waals surface area contributed by atoms with Crippen molar-refractivity contribution in [3.8, 4) is 5.75 Å². The van der Waals surface area contributed by atoms with Gasteiger partial charge in [0.15, 0.2) is 5.82 Å². The maximum absolute atomic E-state index is 11.4. The van der Waals surface area contributed by atoms with E-state index >= 15 is 0 Å². The number of methoxy groups -OCH3 is 1. The fourth-order valence-corrected chi connectivity index (χ4v) is 2.15. The maximum Gasteiger partial charge on any atom is 0.295 e. The molecule has 100 valence electrons. The van der Waals surface area contributed by atoms with Crippen LogP contribution in [0.1, 0.15) is 25.7 Å². The summed E-state index contributed by atoms with van der Waals surface area (Å²) in [7, 11) is 1.45. The molecule has 0 radical (unpaired) electrons. The number of nitrogens with zero attached hydrogens (tertiary/aromatic N) is 1. The van der Waals surface area contributed by atoms with Gasteiger partial charge in [0.25, 0.3) is 5.56 Å². The monoisotopic (exact) mass is 253 g/mol. The molecular weight excluding hydrogens is 234 g/mol. The summed E-state index contributed by atoms with van der Waals surface area (Å²) in [6, 6.07) is 0. The smallest absolute Gasteiger partial charge is 0.295 e. The third kappa shape index (κ3) is 3.22. The molecule has 2 rings (SSSR count). The van der Waals surface area contributed by atoms with Crippen molar-refractivity contribution in [2.45, 2.75) is 31.8 Å². The van der Waals surface area contributed by atoms with Crippen LogP contribution >= 0.6 is 0 Å². The predicted octanol–water partition coefficient (Wildman–Crippen LogP) is 1.15. The lowest BCUT2D eigenvalue weighted by Gasteiger charge is -2.12. The van der Waals surface area contributed by atoms with Crippen molar-refractivity contribution in [2.24, 2.45) is 0 Å². The molecule has 1 aliphatic carbocycles. The first-order valence-corrected chi connectivity index (χ1v) is 6.28. The highest BCUT2D eigenvalue weighted by Crippen LogP contribution is 2.20. The Bertz CT molecular complexity index is 427. The maximum atomic E-state index is 11.4. The third-order valence-electron chi connectivity index (χ3n) is 3.06. The van der Waals surface area contributed by atoms with Crippen LogP contribution in [0, 0.1) is 0 Å². The van der Waals surface area contributed by atoms with Gasteiger partial charge in [-0.15, -0.1) is 0 Å². The molecule has 0 aliphatic heterocycles. The molecule has 1 heterocycles. The fourth-order valence-electron chi connectivity index (χ4n) is 2.15. The van der Waals surface area contributed by atoms with E-state index in [2.05, 4.69) is 15.3 Å². The highest BCUT2D eigenvalue weighted by Gasteiger charge is 2.15. The number of rotatable bonds is 6. The molecule has 1 aromatic rings. The molecule has 6 nitrogen and oxygen atoms in total. The molecule has 1 aromatic heterocycles. The number of aromatic amines is 1. The average Bonchev–Trinajstić information content (AvgIpc) is 2.88. The van der Waals surface area contributed by atoms with Crippen LogP contribution in [0.3, 0.4) is 0 Å². The van der Waals surface area contributed by atoms with E-state index in [9.17, 15) is 4.79 Å². The van der Waals surface area contributed by atoms with E-state index < -0.39 is 0 Å². The van der Waals surface area contributed by atoms with Gasteiger partial charge in [-0.1, -0.05) is 12.8 Å². The van der Waals surface area contributed by atoms with Gasteiger partial charge in [-0.05, 0) is 12.8 Å². The highest BCUT2D eigenvalue weighted by molar-refractivity contribution is 5.47. The van der Waals surface area contributed by atoms with E-state index in [-0.39, 0.29) is 11.3 Å². The first kappa shape index (κ1) is 12.9. The van der Waals surface area contributed by atoms with Crippen molar-refractivity contribution < 1.29 is 9.47 Å². The Morgan fingerprint density at radius 2 is 2.28 bits per heavy atom. The minimum atomic E-state index is -0.285. The SMILES string of the molecule is COc1c(NCCOC2CCCC2)nc[nH]c1=O. The topological polar surface area (TPSA) is 76.2 Å². The Balaban J connectivity index is 1.79. The van der Waals surface area contributed by atoms with Crippen LogP contribution in [0.5, 0.6) is 5.75 Å². The minimum absolute atomic E-state index is 0.207. The van der Waals surface area contributed by atoms with E-state index in [1.807, 2.05) is 0 Å². The summed E-state index contributed by atoms with van der Waals surface area (Å²) in [5.41, 5.74) is -0.285. The molecule has 0 amide bonds. The Morgan fingerprint density at radius 1 is 1.50 bits per heavy atom. The molecule has 1 aliphatic rings. The summed E-state index contributed by atoms with van der Waals surface area (Å²) in [6.07, 6.45) is 6.61. The van der Waals surface area contributed by atoms with Crippen molar-refractivity contribution in [3.63, 3.8) is 0 Å². The first-order chi connectivity index (χ1) is 8.81. The molecule has 0 spiro atoms. The Labute approximate surface area is 106 Å². The Hall–Kier alpha value is -1.56. The highest BCUT2D eigenvalue weighted by atomic mass is 16.5. The quantitative estimate of drug-likeness (QED) is 0.744. The molecule has 1 saturated carbocycles. The van der Waals surface area contributed by atoms with Gasteiger partial charge < -0.3 is 19.8 Å². The summed E-state index contributed by atoms with van der Waals surface area (Å²) in [6.45, 7) is 1.23. The van der Waals surface area contributed by atoms with Crippen molar-refractivity contribution in [1.82, 2.24) is 9.97 Å². The number of hydrogen-bond acceptors (Lipinski definition) is 5. The number of hydrogen-bond donors (Lipinski definition) is 2. The van der Waals surface area contributed by atoms with Gasteiger partial charge in [0.1, 0.15) is 0 Å². The normalized spacial score (nSPS) is 15.8. The van der Waals surface area contributed by atoms with E-state index in [4.69, 9.17) is 9.47 Å². The molecular formula is C12H19N3O3. The largest absolute Gasteiger partial charge is 0.489 e. The zero-order valence-electron chi connectivity index (χ0n) is 10.6. The molecule has 0 saturated heterocycles. The lowest BCUT2D eigenvalue weighted by Crippen LogP contribution is -2.18. The van der Waals surface area contributed by atoms with Gasteiger partial charge in [0.2, 0.25) is 5.75 Å². The zero-order valence-corrected chi connectivity index (χ0v) is 10.6. The Morgan fingerprint density at radius 3 is 3.00 bits per heavy atom. The average molecular weight is 253 g/mol. The third-order valence-corrected chi connectivity index (χ3v) is 3.06. The van der Waals surface area contributed by atoms with Crippen LogP contribution < -0.4 is 15.6 Å². The molecule has 18 heavy (non-hydrogen) atoms. The van der Waals surface area contributed by atoms with Crippen molar-refractivity contribution >= 4 is 5.82 Å². The molecule has 1 fully saturated rings. The van der Waals surface area contributed by atoms with Crippen LogP contribution in [-0.4, -0.2) is 36.3 Å². The molecule has 0 atom stereocenters. The second-order valence-electron chi connectivity index (χ2n) is 4.32. The second kappa shape index (κ2) is 6.39. The summed E-state index contributed by atoms with van der Waals surface area (Å²) in [4.78, 5) is 17.9.